The number of halogens is 4. The SMILES string of the molecule is COC1=C(Cl)C2(Cl)CC(CBr)C1(Cl)C2(OC)OC. The molecule has 18 heavy (non-hydrogen) atoms. The number of alkyl halides is 3. The van der Waals surface area contributed by atoms with Gasteiger partial charge in [0.15, 0.2) is 4.87 Å². The van der Waals surface area contributed by atoms with Gasteiger partial charge < -0.3 is 14.2 Å². The van der Waals surface area contributed by atoms with E-state index < -0.39 is 15.5 Å². The Balaban J connectivity index is 2.69. The molecule has 2 aliphatic rings. The van der Waals surface area contributed by atoms with E-state index >= 15 is 0 Å². The largest absolute Gasteiger partial charge is 0.498 e. The van der Waals surface area contributed by atoms with Gasteiger partial charge in [-0.25, -0.2) is 0 Å². The van der Waals surface area contributed by atoms with Crippen molar-refractivity contribution in [1.82, 2.24) is 0 Å². The molecular formula is C11H14BrCl3O3. The summed E-state index contributed by atoms with van der Waals surface area (Å²) in [6.07, 6.45) is 0.552. The van der Waals surface area contributed by atoms with Crippen LogP contribution in [0.5, 0.6) is 0 Å². The Morgan fingerprint density at radius 3 is 2.17 bits per heavy atom. The summed E-state index contributed by atoms with van der Waals surface area (Å²) in [6, 6.07) is 0. The van der Waals surface area contributed by atoms with Crippen molar-refractivity contribution in [2.24, 2.45) is 5.92 Å². The third-order valence-electron chi connectivity index (χ3n) is 3.93. The Bertz CT molecular complexity index is 399. The number of fused-ring (bicyclic) bond motifs is 2. The molecule has 0 N–H and O–H groups in total. The van der Waals surface area contributed by atoms with E-state index in [1.54, 1.807) is 0 Å². The lowest BCUT2D eigenvalue weighted by Gasteiger charge is -2.41. The first kappa shape index (κ1) is 15.2. The zero-order valence-corrected chi connectivity index (χ0v) is 14.1. The number of rotatable bonds is 4. The average Bonchev–Trinajstić information content (AvgIpc) is 2.64. The standard InChI is InChI=1S/C11H14BrCl3O3/c1-16-8-7(13)9(14)4-6(5-12)10(8,15)11(9,17-2)18-3/h6H,4-5H2,1-3H3. The van der Waals surface area contributed by atoms with Crippen molar-refractivity contribution in [3.63, 3.8) is 0 Å². The van der Waals surface area contributed by atoms with Crippen LogP contribution in [0.1, 0.15) is 6.42 Å². The Morgan fingerprint density at radius 1 is 1.28 bits per heavy atom. The van der Waals surface area contributed by atoms with Gasteiger partial charge in [-0.05, 0) is 6.42 Å². The maximum atomic E-state index is 6.80. The Morgan fingerprint density at radius 2 is 1.83 bits per heavy atom. The highest BCUT2D eigenvalue weighted by atomic mass is 79.9. The van der Waals surface area contributed by atoms with Crippen LogP contribution in [0.25, 0.3) is 0 Å². The van der Waals surface area contributed by atoms with Crippen molar-refractivity contribution in [2.75, 3.05) is 26.7 Å². The maximum Gasteiger partial charge on any atom is 0.219 e. The number of ether oxygens (including phenoxy) is 3. The van der Waals surface area contributed by atoms with Crippen LogP contribution in [0.2, 0.25) is 0 Å². The Kier molecular flexibility index (Phi) is 3.95. The monoisotopic (exact) mass is 378 g/mol. The molecule has 2 bridgehead atoms. The zero-order chi connectivity index (χ0) is 13.8. The predicted molar refractivity (Wildman–Crippen MR) is 75.7 cm³/mol. The van der Waals surface area contributed by atoms with Crippen molar-refractivity contribution < 1.29 is 14.2 Å². The summed E-state index contributed by atoms with van der Waals surface area (Å²) >= 11 is 23.3. The summed E-state index contributed by atoms with van der Waals surface area (Å²) < 4.78 is 16.5. The molecule has 1 fully saturated rings. The second kappa shape index (κ2) is 4.68. The van der Waals surface area contributed by atoms with E-state index in [-0.39, 0.29) is 5.92 Å². The van der Waals surface area contributed by atoms with Crippen molar-refractivity contribution in [3.05, 3.63) is 10.8 Å². The molecule has 3 nitrogen and oxygen atoms in total. The van der Waals surface area contributed by atoms with Crippen molar-refractivity contribution in [1.29, 1.82) is 0 Å². The fourth-order valence-corrected chi connectivity index (χ4v) is 5.83. The van der Waals surface area contributed by atoms with Crippen LogP contribution in [-0.2, 0) is 14.2 Å². The van der Waals surface area contributed by atoms with Gasteiger partial charge in [0.2, 0.25) is 5.79 Å². The third kappa shape index (κ3) is 1.35. The molecule has 0 aliphatic heterocycles. The van der Waals surface area contributed by atoms with Gasteiger partial charge in [0.05, 0.1) is 12.1 Å². The van der Waals surface area contributed by atoms with Crippen molar-refractivity contribution >= 4 is 50.7 Å². The minimum absolute atomic E-state index is 0.00554. The number of hydrogen-bond acceptors (Lipinski definition) is 3. The number of methoxy groups -OCH3 is 3. The quantitative estimate of drug-likeness (QED) is 0.552. The molecule has 3 unspecified atom stereocenters. The summed E-state index contributed by atoms with van der Waals surface area (Å²) in [5.74, 6) is -0.807. The lowest BCUT2D eigenvalue weighted by atomic mass is 9.92. The lowest BCUT2D eigenvalue weighted by Crippen LogP contribution is -2.57. The topological polar surface area (TPSA) is 27.7 Å². The van der Waals surface area contributed by atoms with Crippen LogP contribution in [-0.4, -0.2) is 42.2 Å². The van der Waals surface area contributed by atoms with Crippen LogP contribution in [0.3, 0.4) is 0 Å². The molecule has 0 aromatic heterocycles. The average molecular weight is 380 g/mol. The first-order chi connectivity index (χ1) is 8.39. The van der Waals surface area contributed by atoms with Crippen molar-refractivity contribution in [3.8, 4) is 0 Å². The van der Waals surface area contributed by atoms with Gasteiger partial charge in [0, 0.05) is 25.5 Å². The van der Waals surface area contributed by atoms with Crippen LogP contribution in [0.15, 0.2) is 10.8 Å². The molecule has 2 aliphatic carbocycles. The van der Waals surface area contributed by atoms with Crippen LogP contribution in [0.4, 0.5) is 0 Å². The van der Waals surface area contributed by atoms with E-state index in [4.69, 9.17) is 49.0 Å². The second-order valence-electron chi connectivity index (χ2n) is 4.44. The highest BCUT2D eigenvalue weighted by Crippen LogP contribution is 2.71. The van der Waals surface area contributed by atoms with Crippen molar-refractivity contribution in [2.45, 2.75) is 22.0 Å². The van der Waals surface area contributed by atoms with E-state index in [1.165, 1.54) is 21.3 Å². The molecule has 0 heterocycles. The predicted octanol–water partition coefficient (Wildman–Crippen LogP) is 3.46. The van der Waals surface area contributed by atoms with Gasteiger partial charge in [0.25, 0.3) is 0 Å². The van der Waals surface area contributed by atoms with Gasteiger partial charge >= 0.3 is 0 Å². The third-order valence-corrected chi connectivity index (χ3v) is 6.63. The molecular weight excluding hydrogens is 366 g/mol. The molecule has 1 saturated carbocycles. The van der Waals surface area contributed by atoms with Gasteiger partial charge in [0.1, 0.15) is 10.6 Å². The van der Waals surface area contributed by atoms with Crippen LogP contribution < -0.4 is 0 Å². The van der Waals surface area contributed by atoms with Crippen LogP contribution >= 0.6 is 50.7 Å². The highest BCUT2D eigenvalue weighted by Gasteiger charge is 2.81. The van der Waals surface area contributed by atoms with Gasteiger partial charge in [-0.3, -0.25) is 0 Å². The zero-order valence-electron chi connectivity index (χ0n) is 10.2. The Hall–Kier alpha value is 0.810. The van der Waals surface area contributed by atoms with E-state index in [0.29, 0.717) is 22.5 Å². The summed E-state index contributed by atoms with van der Waals surface area (Å²) in [5, 5.41) is 1.01. The summed E-state index contributed by atoms with van der Waals surface area (Å²) in [6.45, 7) is 0. The molecule has 7 heteroatoms. The van der Waals surface area contributed by atoms with Crippen LogP contribution in [0, 0.1) is 5.92 Å². The Labute approximate surface area is 130 Å². The van der Waals surface area contributed by atoms with E-state index in [1.807, 2.05) is 0 Å². The molecule has 0 amide bonds. The summed E-state index contributed by atoms with van der Waals surface area (Å²) in [4.78, 5) is -2.06. The van der Waals surface area contributed by atoms with Gasteiger partial charge in [-0.1, -0.05) is 27.5 Å². The molecule has 0 aromatic carbocycles. The van der Waals surface area contributed by atoms with E-state index in [0.717, 1.165) is 0 Å². The smallest absolute Gasteiger partial charge is 0.219 e. The van der Waals surface area contributed by atoms with E-state index in [2.05, 4.69) is 15.9 Å². The minimum Gasteiger partial charge on any atom is -0.498 e. The molecule has 0 spiro atoms. The maximum absolute atomic E-state index is 6.80. The highest BCUT2D eigenvalue weighted by molar-refractivity contribution is 9.09. The van der Waals surface area contributed by atoms with E-state index in [9.17, 15) is 0 Å². The number of hydrogen-bond donors (Lipinski definition) is 0. The fraction of sp³-hybridized carbons (Fsp3) is 0.818. The molecule has 3 atom stereocenters. The van der Waals surface area contributed by atoms with Gasteiger partial charge in [-0.2, -0.15) is 0 Å². The minimum atomic E-state index is -1.23. The molecule has 2 rings (SSSR count). The second-order valence-corrected chi connectivity index (χ2v) is 6.71. The normalized spacial score (nSPS) is 41.6. The lowest BCUT2D eigenvalue weighted by molar-refractivity contribution is -0.222. The molecule has 104 valence electrons. The summed E-state index contributed by atoms with van der Waals surface area (Å²) in [7, 11) is 4.54. The summed E-state index contributed by atoms with van der Waals surface area (Å²) in [5.41, 5.74) is 0. The molecule has 0 radical (unpaired) electrons. The van der Waals surface area contributed by atoms with Gasteiger partial charge in [-0.15, -0.1) is 23.2 Å². The fourth-order valence-electron chi connectivity index (χ4n) is 3.18. The molecule has 0 aromatic rings. The first-order valence-electron chi connectivity index (χ1n) is 5.38. The molecule has 0 saturated heterocycles. The first-order valence-corrected chi connectivity index (χ1v) is 7.64.